The van der Waals surface area contributed by atoms with Crippen LogP contribution in [-0.4, -0.2) is 26.8 Å². The zero-order chi connectivity index (χ0) is 22.8. The molecule has 0 aliphatic rings. The summed E-state index contributed by atoms with van der Waals surface area (Å²) in [5, 5.41) is 2.31. The maximum Gasteiger partial charge on any atom is 0.358 e. The summed E-state index contributed by atoms with van der Waals surface area (Å²) >= 11 is 1.33. The van der Waals surface area contributed by atoms with Gasteiger partial charge in [0.05, 0.1) is 28.6 Å². The highest BCUT2D eigenvalue weighted by Gasteiger charge is 2.22. The Balaban J connectivity index is 1.52. The van der Waals surface area contributed by atoms with Crippen molar-refractivity contribution >= 4 is 45.1 Å². The second kappa shape index (κ2) is 8.84. The van der Waals surface area contributed by atoms with Gasteiger partial charge in [0.25, 0.3) is 0 Å². The van der Waals surface area contributed by atoms with Gasteiger partial charge in [-0.2, -0.15) is 0 Å². The summed E-state index contributed by atoms with van der Waals surface area (Å²) in [5.41, 5.74) is 5.98. The lowest BCUT2D eigenvalue weighted by molar-refractivity contribution is -0.115. The van der Waals surface area contributed by atoms with Crippen LogP contribution in [0, 0.1) is 20.8 Å². The first-order valence-electron chi connectivity index (χ1n) is 10.1. The molecule has 0 bridgehead atoms. The van der Waals surface area contributed by atoms with E-state index < -0.39 is 5.97 Å². The van der Waals surface area contributed by atoms with Crippen molar-refractivity contribution in [2.45, 2.75) is 34.3 Å². The standard InChI is InChI=1S/C24H22N4O3S/c1-14-9-15(2)22(16(3)10-14)28(17(4)29)24-26-18(13-32-24)12-31-23(30)21-11-25-19-7-5-6-8-20(19)27-21/h5-11,13H,12H2,1-4H3. The number of benzene rings is 2. The van der Waals surface area contributed by atoms with Gasteiger partial charge >= 0.3 is 5.97 Å². The molecule has 4 aromatic rings. The molecule has 0 unspecified atom stereocenters. The van der Waals surface area contributed by atoms with Crippen LogP contribution in [0.2, 0.25) is 0 Å². The van der Waals surface area contributed by atoms with Crippen LogP contribution in [0.4, 0.5) is 10.8 Å². The van der Waals surface area contributed by atoms with E-state index in [0.29, 0.717) is 21.9 Å². The van der Waals surface area contributed by atoms with Gasteiger partial charge in [-0.3, -0.25) is 14.7 Å². The van der Waals surface area contributed by atoms with Gasteiger partial charge < -0.3 is 4.74 Å². The summed E-state index contributed by atoms with van der Waals surface area (Å²) in [6.07, 6.45) is 1.40. The van der Waals surface area contributed by atoms with Crippen molar-refractivity contribution in [3.8, 4) is 0 Å². The van der Waals surface area contributed by atoms with Gasteiger partial charge in [0.1, 0.15) is 6.61 Å². The number of para-hydroxylation sites is 2. The van der Waals surface area contributed by atoms with Crippen LogP contribution in [0.5, 0.6) is 0 Å². The van der Waals surface area contributed by atoms with E-state index in [0.717, 1.165) is 22.4 Å². The quantitative estimate of drug-likeness (QED) is 0.399. The molecule has 0 aliphatic heterocycles. The molecular weight excluding hydrogens is 424 g/mol. The molecule has 0 saturated heterocycles. The largest absolute Gasteiger partial charge is 0.454 e. The van der Waals surface area contributed by atoms with Crippen molar-refractivity contribution in [3.05, 3.63) is 76.1 Å². The van der Waals surface area contributed by atoms with Crippen LogP contribution in [0.15, 0.2) is 48.0 Å². The number of amides is 1. The minimum Gasteiger partial charge on any atom is -0.454 e. The minimum atomic E-state index is -0.577. The number of thiazole rings is 1. The number of aryl methyl sites for hydroxylation is 3. The molecular formula is C24H22N4O3S. The number of aromatic nitrogens is 3. The lowest BCUT2D eigenvalue weighted by atomic mass is 10.0. The maximum atomic E-state index is 12.5. The number of nitrogens with zero attached hydrogens (tertiary/aromatic N) is 4. The van der Waals surface area contributed by atoms with Crippen LogP contribution in [-0.2, 0) is 16.1 Å². The van der Waals surface area contributed by atoms with Gasteiger partial charge in [0, 0.05) is 12.3 Å². The summed E-state index contributed by atoms with van der Waals surface area (Å²) < 4.78 is 5.38. The molecule has 1 amide bonds. The van der Waals surface area contributed by atoms with Crippen LogP contribution in [0.3, 0.4) is 0 Å². The number of carbonyl (C=O) groups is 2. The zero-order valence-corrected chi connectivity index (χ0v) is 19.1. The fourth-order valence-electron chi connectivity index (χ4n) is 3.65. The van der Waals surface area contributed by atoms with E-state index in [-0.39, 0.29) is 18.2 Å². The monoisotopic (exact) mass is 446 g/mol. The fourth-order valence-corrected chi connectivity index (χ4v) is 4.50. The Hall–Kier alpha value is -3.65. The van der Waals surface area contributed by atoms with Crippen molar-refractivity contribution in [1.82, 2.24) is 15.0 Å². The average molecular weight is 447 g/mol. The summed E-state index contributed by atoms with van der Waals surface area (Å²) in [7, 11) is 0. The lowest BCUT2D eigenvalue weighted by Gasteiger charge is -2.23. The number of anilines is 2. The van der Waals surface area contributed by atoms with Crippen molar-refractivity contribution in [3.63, 3.8) is 0 Å². The fraction of sp³-hybridized carbons (Fsp3) is 0.208. The van der Waals surface area contributed by atoms with Crippen LogP contribution in [0.25, 0.3) is 11.0 Å². The molecule has 32 heavy (non-hydrogen) atoms. The Morgan fingerprint density at radius 2 is 1.72 bits per heavy atom. The van der Waals surface area contributed by atoms with Gasteiger partial charge in [0.2, 0.25) is 5.91 Å². The molecule has 7 nitrogen and oxygen atoms in total. The normalized spacial score (nSPS) is 10.9. The van der Waals surface area contributed by atoms with Crippen molar-refractivity contribution in [2.24, 2.45) is 0 Å². The first kappa shape index (κ1) is 21.6. The number of esters is 1. The van der Waals surface area contributed by atoms with E-state index in [4.69, 9.17) is 4.74 Å². The molecule has 2 heterocycles. The van der Waals surface area contributed by atoms with Crippen molar-refractivity contribution in [1.29, 1.82) is 0 Å². The zero-order valence-electron chi connectivity index (χ0n) is 18.2. The molecule has 2 aromatic carbocycles. The lowest BCUT2D eigenvalue weighted by Crippen LogP contribution is -2.24. The second-order valence-corrected chi connectivity index (χ2v) is 8.38. The number of rotatable bonds is 5. The first-order chi connectivity index (χ1) is 15.3. The highest BCUT2D eigenvalue weighted by molar-refractivity contribution is 7.14. The first-order valence-corrected chi connectivity index (χ1v) is 10.9. The Labute approximate surface area is 189 Å². The number of ether oxygens (including phenoxy) is 1. The summed E-state index contributed by atoms with van der Waals surface area (Å²) in [5.74, 6) is -0.712. The molecule has 4 rings (SSSR count). The predicted molar refractivity (Wildman–Crippen MR) is 124 cm³/mol. The highest BCUT2D eigenvalue weighted by Crippen LogP contribution is 2.34. The molecule has 0 saturated carbocycles. The maximum absolute atomic E-state index is 12.5. The number of carbonyl (C=O) groups excluding carboxylic acids is 2. The third kappa shape index (κ3) is 4.36. The van der Waals surface area contributed by atoms with Crippen molar-refractivity contribution < 1.29 is 14.3 Å². The second-order valence-electron chi connectivity index (χ2n) is 7.54. The Morgan fingerprint density at radius 3 is 2.41 bits per heavy atom. The van der Waals surface area contributed by atoms with Crippen LogP contribution in [0.1, 0.15) is 39.8 Å². The van der Waals surface area contributed by atoms with E-state index >= 15 is 0 Å². The molecule has 0 radical (unpaired) electrons. The van der Waals surface area contributed by atoms with E-state index in [1.54, 1.807) is 16.3 Å². The third-order valence-corrected chi connectivity index (χ3v) is 5.79. The number of fused-ring (bicyclic) bond motifs is 1. The van der Waals surface area contributed by atoms with E-state index in [2.05, 4.69) is 15.0 Å². The Morgan fingerprint density at radius 1 is 1.03 bits per heavy atom. The van der Waals surface area contributed by atoms with Crippen LogP contribution < -0.4 is 4.90 Å². The smallest absolute Gasteiger partial charge is 0.358 e. The van der Waals surface area contributed by atoms with Crippen LogP contribution >= 0.6 is 11.3 Å². The van der Waals surface area contributed by atoms with E-state index in [1.165, 1.54) is 24.5 Å². The van der Waals surface area contributed by atoms with Gasteiger partial charge in [-0.05, 0) is 44.0 Å². The molecule has 8 heteroatoms. The van der Waals surface area contributed by atoms with E-state index in [9.17, 15) is 9.59 Å². The van der Waals surface area contributed by atoms with Crippen molar-refractivity contribution in [2.75, 3.05) is 4.90 Å². The summed E-state index contributed by atoms with van der Waals surface area (Å²) in [6, 6.07) is 11.4. The van der Waals surface area contributed by atoms with Gasteiger partial charge in [-0.15, -0.1) is 11.3 Å². The molecule has 0 atom stereocenters. The van der Waals surface area contributed by atoms with Gasteiger partial charge in [-0.25, -0.2) is 14.8 Å². The molecule has 162 valence electrons. The SMILES string of the molecule is CC(=O)N(c1nc(COC(=O)c2cnc3ccccc3n2)cs1)c1c(C)cc(C)cc1C. The Bertz CT molecular complexity index is 1310. The predicted octanol–water partition coefficient (Wildman–Crippen LogP) is 5.05. The van der Waals surface area contributed by atoms with Gasteiger partial charge in [-0.1, -0.05) is 29.8 Å². The molecule has 0 spiro atoms. The molecule has 0 aliphatic carbocycles. The third-order valence-electron chi connectivity index (χ3n) is 4.91. The van der Waals surface area contributed by atoms with Gasteiger partial charge in [0.15, 0.2) is 10.8 Å². The Kier molecular flexibility index (Phi) is 5.96. The highest BCUT2D eigenvalue weighted by atomic mass is 32.1. The minimum absolute atomic E-state index is 0.0263. The molecule has 2 aromatic heterocycles. The molecule has 0 fully saturated rings. The topological polar surface area (TPSA) is 85.3 Å². The summed E-state index contributed by atoms with van der Waals surface area (Å²) in [6.45, 7) is 7.47. The number of hydrogen-bond donors (Lipinski definition) is 0. The number of hydrogen-bond acceptors (Lipinski definition) is 7. The average Bonchev–Trinajstić information content (AvgIpc) is 3.22. The summed E-state index contributed by atoms with van der Waals surface area (Å²) in [4.78, 5) is 39.6. The molecule has 0 N–H and O–H groups in total. The van der Waals surface area contributed by atoms with E-state index in [1.807, 2.05) is 51.1 Å².